The van der Waals surface area contributed by atoms with E-state index in [1.807, 2.05) is 25.2 Å². The van der Waals surface area contributed by atoms with Crippen LogP contribution in [-0.4, -0.2) is 22.8 Å². The third kappa shape index (κ3) is 3.86. The Balaban J connectivity index is 1.73. The lowest BCUT2D eigenvalue weighted by Gasteiger charge is -2.18. The Morgan fingerprint density at radius 2 is 1.96 bits per heavy atom. The fraction of sp³-hybridized carbons (Fsp3) is 0.143. The van der Waals surface area contributed by atoms with E-state index in [4.69, 9.17) is 5.73 Å². The summed E-state index contributed by atoms with van der Waals surface area (Å²) < 4.78 is 0. The zero-order chi connectivity index (χ0) is 17.8. The quantitative estimate of drug-likeness (QED) is 0.740. The van der Waals surface area contributed by atoms with Crippen LogP contribution in [0.5, 0.6) is 0 Å². The van der Waals surface area contributed by atoms with Gasteiger partial charge in [-0.05, 0) is 52.6 Å². The summed E-state index contributed by atoms with van der Waals surface area (Å²) in [6.45, 7) is 2.67. The number of pyridine rings is 1. The maximum Gasteiger partial charge on any atom is 0.246 e. The molecule has 0 aliphatic rings. The van der Waals surface area contributed by atoms with Crippen LogP contribution in [0.3, 0.4) is 0 Å². The van der Waals surface area contributed by atoms with Gasteiger partial charge in [0.05, 0.1) is 0 Å². The number of hydrogen-bond donors (Lipinski definition) is 1. The Morgan fingerprint density at radius 1 is 1.16 bits per heavy atom. The number of aromatic nitrogens is 1. The SMILES string of the molecule is Cc1c(CN(C)C(=O)C=Cc2ccc(N)nc2)ccc2ccccc12. The molecule has 0 atom stereocenters. The lowest BCUT2D eigenvalue weighted by molar-refractivity contribution is -0.125. The van der Waals surface area contributed by atoms with Crippen molar-refractivity contribution in [2.45, 2.75) is 13.5 Å². The predicted molar refractivity (Wildman–Crippen MR) is 103 cm³/mol. The number of carbonyl (C=O) groups excluding carboxylic acids is 1. The number of rotatable bonds is 4. The summed E-state index contributed by atoms with van der Waals surface area (Å²) in [6.07, 6.45) is 4.95. The fourth-order valence-corrected chi connectivity index (χ4v) is 2.79. The van der Waals surface area contributed by atoms with Crippen molar-refractivity contribution in [3.8, 4) is 0 Å². The van der Waals surface area contributed by atoms with Crippen LogP contribution in [0.1, 0.15) is 16.7 Å². The Bertz CT molecular complexity index is 930. The second-order valence-electron chi connectivity index (χ2n) is 6.11. The molecule has 126 valence electrons. The minimum Gasteiger partial charge on any atom is -0.384 e. The van der Waals surface area contributed by atoms with Gasteiger partial charge in [-0.3, -0.25) is 4.79 Å². The summed E-state index contributed by atoms with van der Waals surface area (Å²) in [6, 6.07) is 16.0. The molecule has 2 N–H and O–H groups in total. The molecule has 3 rings (SSSR count). The summed E-state index contributed by atoms with van der Waals surface area (Å²) in [4.78, 5) is 18.1. The highest BCUT2D eigenvalue weighted by Gasteiger charge is 2.09. The number of amides is 1. The molecular formula is C21H21N3O. The highest BCUT2D eigenvalue weighted by Crippen LogP contribution is 2.22. The molecule has 0 bridgehead atoms. The molecule has 3 aromatic rings. The first-order valence-electron chi connectivity index (χ1n) is 8.16. The molecule has 0 aliphatic carbocycles. The molecular weight excluding hydrogens is 310 g/mol. The number of fused-ring (bicyclic) bond motifs is 1. The first kappa shape index (κ1) is 16.7. The van der Waals surface area contributed by atoms with E-state index < -0.39 is 0 Å². The molecule has 1 amide bonds. The van der Waals surface area contributed by atoms with Crippen LogP contribution in [0, 0.1) is 6.92 Å². The summed E-state index contributed by atoms with van der Waals surface area (Å²) in [7, 11) is 1.81. The van der Waals surface area contributed by atoms with E-state index in [9.17, 15) is 4.79 Å². The van der Waals surface area contributed by atoms with Gasteiger partial charge in [-0.1, -0.05) is 36.4 Å². The van der Waals surface area contributed by atoms with E-state index >= 15 is 0 Å². The molecule has 4 nitrogen and oxygen atoms in total. The Labute approximate surface area is 147 Å². The van der Waals surface area contributed by atoms with Gasteiger partial charge in [-0.25, -0.2) is 4.98 Å². The van der Waals surface area contributed by atoms with Crippen LogP contribution < -0.4 is 5.73 Å². The van der Waals surface area contributed by atoms with Crippen molar-refractivity contribution in [1.29, 1.82) is 0 Å². The van der Waals surface area contributed by atoms with E-state index in [-0.39, 0.29) is 5.91 Å². The standard InChI is InChI=1S/C21H21N3O/c1-15-18(10-9-17-5-3-4-6-19(15)17)14-24(2)21(25)12-8-16-7-11-20(22)23-13-16/h3-13H,14H2,1-2H3,(H2,22,23). The summed E-state index contributed by atoms with van der Waals surface area (Å²) in [5.41, 5.74) is 8.77. The number of hydrogen-bond acceptors (Lipinski definition) is 3. The summed E-state index contributed by atoms with van der Waals surface area (Å²) >= 11 is 0. The van der Waals surface area contributed by atoms with E-state index in [0.29, 0.717) is 12.4 Å². The van der Waals surface area contributed by atoms with Gasteiger partial charge >= 0.3 is 0 Å². The maximum absolute atomic E-state index is 12.4. The van der Waals surface area contributed by atoms with Crippen molar-refractivity contribution < 1.29 is 4.79 Å². The molecule has 0 spiro atoms. The Hall–Kier alpha value is -3.14. The number of nitrogens with zero attached hydrogens (tertiary/aromatic N) is 2. The number of nitrogen functional groups attached to an aromatic ring is 1. The Morgan fingerprint density at radius 3 is 2.72 bits per heavy atom. The normalized spacial score (nSPS) is 11.1. The van der Waals surface area contributed by atoms with Crippen molar-refractivity contribution in [3.63, 3.8) is 0 Å². The summed E-state index contributed by atoms with van der Waals surface area (Å²) in [5, 5.41) is 2.44. The van der Waals surface area contributed by atoms with E-state index in [1.54, 1.807) is 29.3 Å². The summed E-state index contributed by atoms with van der Waals surface area (Å²) in [5.74, 6) is 0.414. The van der Waals surface area contributed by atoms with Crippen LogP contribution in [0.15, 0.2) is 60.8 Å². The van der Waals surface area contributed by atoms with Gasteiger partial charge in [0.1, 0.15) is 5.82 Å². The largest absolute Gasteiger partial charge is 0.384 e. The van der Waals surface area contributed by atoms with Gasteiger partial charge in [-0.15, -0.1) is 0 Å². The van der Waals surface area contributed by atoms with Crippen molar-refractivity contribution in [1.82, 2.24) is 9.88 Å². The minimum atomic E-state index is -0.0515. The number of anilines is 1. The fourth-order valence-electron chi connectivity index (χ4n) is 2.79. The molecule has 1 aromatic heterocycles. The van der Waals surface area contributed by atoms with E-state index in [1.165, 1.54) is 16.3 Å². The van der Waals surface area contributed by atoms with Crippen molar-refractivity contribution in [3.05, 3.63) is 77.5 Å². The zero-order valence-electron chi connectivity index (χ0n) is 14.4. The van der Waals surface area contributed by atoms with Gasteiger partial charge in [0.2, 0.25) is 5.91 Å². The van der Waals surface area contributed by atoms with Crippen LogP contribution in [0.4, 0.5) is 5.82 Å². The topological polar surface area (TPSA) is 59.2 Å². The average Bonchev–Trinajstić information content (AvgIpc) is 2.63. The van der Waals surface area contributed by atoms with Gasteiger partial charge in [-0.2, -0.15) is 0 Å². The van der Waals surface area contributed by atoms with Gasteiger partial charge in [0, 0.05) is 25.9 Å². The molecule has 25 heavy (non-hydrogen) atoms. The van der Waals surface area contributed by atoms with Crippen LogP contribution in [-0.2, 0) is 11.3 Å². The maximum atomic E-state index is 12.4. The second kappa shape index (κ2) is 7.18. The van der Waals surface area contributed by atoms with Crippen molar-refractivity contribution in [2.75, 3.05) is 12.8 Å². The average molecular weight is 331 g/mol. The number of carbonyl (C=O) groups is 1. The van der Waals surface area contributed by atoms with Gasteiger partial charge < -0.3 is 10.6 Å². The number of benzene rings is 2. The zero-order valence-corrected chi connectivity index (χ0v) is 14.4. The van der Waals surface area contributed by atoms with Crippen LogP contribution >= 0.6 is 0 Å². The first-order chi connectivity index (χ1) is 12.0. The molecule has 4 heteroatoms. The smallest absolute Gasteiger partial charge is 0.246 e. The third-order valence-electron chi connectivity index (χ3n) is 4.32. The van der Waals surface area contributed by atoms with Gasteiger partial charge in [0.25, 0.3) is 0 Å². The lowest BCUT2D eigenvalue weighted by atomic mass is 10.00. The highest BCUT2D eigenvalue weighted by atomic mass is 16.2. The number of likely N-dealkylation sites (N-methyl/N-ethyl adjacent to an activating group) is 1. The molecule has 0 saturated carbocycles. The third-order valence-corrected chi connectivity index (χ3v) is 4.32. The predicted octanol–water partition coefficient (Wildman–Crippen LogP) is 3.80. The molecule has 2 aromatic carbocycles. The first-order valence-corrected chi connectivity index (χ1v) is 8.16. The van der Waals surface area contributed by atoms with E-state index in [0.717, 1.165) is 11.1 Å². The second-order valence-corrected chi connectivity index (χ2v) is 6.11. The highest BCUT2D eigenvalue weighted by molar-refractivity contribution is 5.92. The molecule has 0 fully saturated rings. The molecule has 0 saturated heterocycles. The molecule has 1 heterocycles. The van der Waals surface area contributed by atoms with Crippen molar-refractivity contribution in [2.24, 2.45) is 0 Å². The van der Waals surface area contributed by atoms with Crippen LogP contribution in [0.2, 0.25) is 0 Å². The molecule has 0 aliphatic heterocycles. The number of nitrogens with two attached hydrogens (primary N) is 1. The molecule has 0 radical (unpaired) electrons. The van der Waals surface area contributed by atoms with Crippen molar-refractivity contribution >= 4 is 28.6 Å². The minimum absolute atomic E-state index is 0.0515. The van der Waals surface area contributed by atoms with Gasteiger partial charge in [0.15, 0.2) is 0 Å². The van der Waals surface area contributed by atoms with Crippen LogP contribution in [0.25, 0.3) is 16.8 Å². The Kier molecular flexibility index (Phi) is 4.80. The molecule has 0 unspecified atom stereocenters. The monoisotopic (exact) mass is 331 g/mol. The lowest BCUT2D eigenvalue weighted by Crippen LogP contribution is -2.24. The van der Waals surface area contributed by atoms with E-state index in [2.05, 4.69) is 36.2 Å². The number of aryl methyl sites for hydroxylation is 1.